The van der Waals surface area contributed by atoms with Gasteiger partial charge in [-0.25, -0.2) is 0 Å². The van der Waals surface area contributed by atoms with E-state index in [-0.39, 0.29) is 0 Å². The van der Waals surface area contributed by atoms with Gasteiger partial charge in [-0.05, 0) is 42.8 Å². The molecule has 86 valence electrons. The fourth-order valence-electron chi connectivity index (χ4n) is 1.48. The summed E-state index contributed by atoms with van der Waals surface area (Å²) in [6, 6.07) is 12.9. The van der Waals surface area contributed by atoms with Crippen LogP contribution < -0.4 is 4.74 Å². The summed E-state index contributed by atoms with van der Waals surface area (Å²) in [7, 11) is 0. The molecule has 0 saturated heterocycles. The lowest BCUT2D eigenvalue weighted by atomic mass is 10.2. The van der Waals surface area contributed by atoms with Gasteiger partial charge in [0.05, 0.1) is 5.56 Å². The van der Waals surface area contributed by atoms with E-state index in [4.69, 9.17) is 4.74 Å². The molecule has 0 aliphatic heterocycles. The van der Waals surface area contributed by atoms with Crippen LogP contribution in [0, 0.1) is 6.92 Å². The Kier molecular flexibility index (Phi) is 3.59. The monoisotopic (exact) mass is 290 g/mol. The van der Waals surface area contributed by atoms with E-state index < -0.39 is 0 Å². The largest absolute Gasteiger partial charge is 0.457 e. The molecule has 2 nitrogen and oxygen atoms in total. The highest BCUT2D eigenvalue weighted by Crippen LogP contribution is 2.27. The molecule has 2 aromatic carbocycles. The van der Waals surface area contributed by atoms with Crippen molar-refractivity contribution in [3.05, 3.63) is 58.1 Å². The van der Waals surface area contributed by atoms with Gasteiger partial charge in [0.2, 0.25) is 0 Å². The van der Waals surface area contributed by atoms with Gasteiger partial charge in [-0.1, -0.05) is 28.1 Å². The van der Waals surface area contributed by atoms with E-state index in [1.54, 1.807) is 12.1 Å². The zero-order valence-corrected chi connectivity index (χ0v) is 10.9. The molecular weight excluding hydrogens is 280 g/mol. The second-order valence-electron chi connectivity index (χ2n) is 3.67. The van der Waals surface area contributed by atoms with Crippen LogP contribution >= 0.6 is 15.9 Å². The normalized spacial score (nSPS) is 10.0. The molecule has 0 aromatic heterocycles. The van der Waals surface area contributed by atoms with Crippen LogP contribution in [0.4, 0.5) is 0 Å². The summed E-state index contributed by atoms with van der Waals surface area (Å²) < 4.78 is 6.72. The number of rotatable bonds is 3. The van der Waals surface area contributed by atoms with Gasteiger partial charge >= 0.3 is 0 Å². The number of aldehydes is 1. The minimum Gasteiger partial charge on any atom is -0.457 e. The summed E-state index contributed by atoms with van der Waals surface area (Å²) in [5.41, 5.74) is 1.64. The first kappa shape index (κ1) is 11.9. The van der Waals surface area contributed by atoms with Crippen molar-refractivity contribution in [2.75, 3.05) is 0 Å². The van der Waals surface area contributed by atoms with Crippen molar-refractivity contribution < 1.29 is 9.53 Å². The summed E-state index contributed by atoms with van der Waals surface area (Å²) in [6.45, 7) is 1.99. The molecule has 0 heterocycles. The number of halogens is 1. The Balaban J connectivity index is 2.31. The van der Waals surface area contributed by atoms with Gasteiger partial charge in [-0.3, -0.25) is 4.79 Å². The fourth-order valence-corrected chi connectivity index (χ4v) is 1.73. The summed E-state index contributed by atoms with van der Waals surface area (Å²) in [5, 5.41) is 0. The number of benzene rings is 2. The lowest BCUT2D eigenvalue weighted by molar-refractivity contribution is 0.112. The standard InChI is InChI=1S/C14H11BrO2/c1-10-8-12(6-7-13(10)15)17-14-5-3-2-4-11(14)9-16/h2-9H,1H3. The predicted octanol–water partition coefficient (Wildman–Crippen LogP) is 4.36. The summed E-state index contributed by atoms with van der Waals surface area (Å²) >= 11 is 3.43. The molecule has 17 heavy (non-hydrogen) atoms. The van der Waals surface area contributed by atoms with Crippen molar-refractivity contribution in [1.29, 1.82) is 0 Å². The minimum atomic E-state index is 0.549. The molecule has 0 saturated carbocycles. The first-order valence-electron chi connectivity index (χ1n) is 5.19. The summed E-state index contributed by atoms with van der Waals surface area (Å²) in [4.78, 5) is 10.9. The van der Waals surface area contributed by atoms with Crippen molar-refractivity contribution in [2.45, 2.75) is 6.92 Å². The van der Waals surface area contributed by atoms with Gasteiger partial charge in [-0.15, -0.1) is 0 Å². The van der Waals surface area contributed by atoms with E-state index in [1.165, 1.54) is 0 Å². The van der Waals surface area contributed by atoms with Gasteiger partial charge < -0.3 is 4.74 Å². The van der Waals surface area contributed by atoms with Crippen LogP contribution in [-0.2, 0) is 0 Å². The molecule has 0 fully saturated rings. The van der Waals surface area contributed by atoms with Gasteiger partial charge in [0.1, 0.15) is 11.5 Å². The van der Waals surface area contributed by atoms with E-state index in [2.05, 4.69) is 15.9 Å². The van der Waals surface area contributed by atoms with Crippen LogP contribution in [0.5, 0.6) is 11.5 Å². The molecule has 0 radical (unpaired) electrons. The zero-order valence-electron chi connectivity index (χ0n) is 9.31. The number of ether oxygens (including phenoxy) is 1. The van der Waals surface area contributed by atoms with Crippen molar-refractivity contribution in [2.24, 2.45) is 0 Å². The smallest absolute Gasteiger partial charge is 0.153 e. The van der Waals surface area contributed by atoms with Crippen LogP contribution in [0.15, 0.2) is 46.9 Å². The lowest BCUT2D eigenvalue weighted by Crippen LogP contribution is -1.90. The molecule has 0 atom stereocenters. The first-order valence-corrected chi connectivity index (χ1v) is 5.98. The Morgan fingerprint density at radius 3 is 2.65 bits per heavy atom. The molecule has 0 bridgehead atoms. The number of carbonyl (C=O) groups excluding carboxylic acids is 1. The lowest BCUT2D eigenvalue weighted by Gasteiger charge is -2.08. The van der Waals surface area contributed by atoms with Crippen LogP contribution in [-0.4, -0.2) is 6.29 Å². The topological polar surface area (TPSA) is 26.3 Å². The number of hydrogen-bond acceptors (Lipinski definition) is 2. The molecule has 3 heteroatoms. The van der Waals surface area contributed by atoms with E-state index in [9.17, 15) is 4.79 Å². The van der Waals surface area contributed by atoms with E-state index in [0.717, 1.165) is 22.1 Å². The molecule has 0 unspecified atom stereocenters. The summed E-state index contributed by atoms with van der Waals surface area (Å²) in [5.74, 6) is 1.30. The quantitative estimate of drug-likeness (QED) is 0.785. The number of hydrogen-bond donors (Lipinski definition) is 0. The van der Waals surface area contributed by atoms with Gasteiger partial charge in [0, 0.05) is 4.47 Å². The Morgan fingerprint density at radius 2 is 1.94 bits per heavy atom. The van der Waals surface area contributed by atoms with Gasteiger partial charge in [0.15, 0.2) is 6.29 Å². The highest BCUT2D eigenvalue weighted by atomic mass is 79.9. The van der Waals surface area contributed by atoms with Gasteiger partial charge in [0.25, 0.3) is 0 Å². The number of aryl methyl sites for hydroxylation is 1. The molecule has 0 N–H and O–H groups in total. The average molecular weight is 291 g/mol. The van der Waals surface area contributed by atoms with Gasteiger partial charge in [-0.2, -0.15) is 0 Å². The second kappa shape index (κ2) is 5.15. The maximum atomic E-state index is 10.9. The highest BCUT2D eigenvalue weighted by molar-refractivity contribution is 9.10. The van der Waals surface area contributed by atoms with Crippen LogP contribution in [0.25, 0.3) is 0 Å². The third-order valence-corrected chi connectivity index (χ3v) is 3.29. The zero-order chi connectivity index (χ0) is 12.3. The maximum Gasteiger partial charge on any atom is 0.153 e. The molecule has 0 aliphatic rings. The fraction of sp³-hybridized carbons (Fsp3) is 0.0714. The Morgan fingerprint density at radius 1 is 1.18 bits per heavy atom. The van der Waals surface area contributed by atoms with Crippen molar-refractivity contribution in [3.63, 3.8) is 0 Å². The molecule has 0 amide bonds. The molecule has 0 spiro atoms. The molecule has 0 aliphatic carbocycles. The van der Waals surface area contributed by atoms with Crippen molar-refractivity contribution in [3.8, 4) is 11.5 Å². The van der Waals surface area contributed by atoms with Crippen LogP contribution in [0.1, 0.15) is 15.9 Å². The number of para-hydroxylation sites is 1. The second-order valence-corrected chi connectivity index (χ2v) is 4.52. The van der Waals surface area contributed by atoms with Crippen molar-refractivity contribution in [1.82, 2.24) is 0 Å². The third-order valence-electron chi connectivity index (χ3n) is 2.40. The minimum absolute atomic E-state index is 0.549. The number of carbonyl (C=O) groups is 1. The maximum absolute atomic E-state index is 10.9. The highest BCUT2D eigenvalue weighted by Gasteiger charge is 2.04. The first-order chi connectivity index (χ1) is 8.20. The van der Waals surface area contributed by atoms with E-state index in [1.807, 2.05) is 37.3 Å². The Hall–Kier alpha value is -1.61. The SMILES string of the molecule is Cc1cc(Oc2ccccc2C=O)ccc1Br. The van der Waals surface area contributed by atoms with Crippen LogP contribution in [0.2, 0.25) is 0 Å². The third kappa shape index (κ3) is 2.74. The van der Waals surface area contributed by atoms with E-state index >= 15 is 0 Å². The molecule has 2 aromatic rings. The molecule has 2 rings (SSSR count). The molecular formula is C14H11BrO2. The van der Waals surface area contributed by atoms with E-state index in [0.29, 0.717) is 11.3 Å². The Bertz CT molecular complexity index is 550. The van der Waals surface area contributed by atoms with Crippen molar-refractivity contribution >= 4 is 22.2 Å². The van der Waals surface area contributed by atoms with Crippen LogP contribution in [0.3, 0.4) is 0 Å². The average Bonchev–Trinajstić information content (AvgIpc) is 2.34. The summed E-state index contributed by atoms with van der Waals surface area (Å²) in [6.07, 6.45) is 0.793. The Labute approximate surface area is 108 Å². The predicted molar refractivity (Wildman–Crippen MR) is 70.8 cm³/mol.